The zero-order valence-corrected chi connectivity index (χ0v) is 6.38. The maximum Gasteiger partial charge on any atom is 0.0417 e. The molecule has 1 aliphatic carbocycles. The van der Waals surface area contributed by atoms with Crippen LogP contribution >= 0.6 is 0 Å². The van der Waals surface area contributed by atoms with Crippen molar-refractivity contribution in [2.24, 2.45) is 16.6 Å². The molecule has 1 rings (SSSR count). The Morgan fingerprint density at radius 2 is 2.40 bits per heavy atom. The van der Waals surface area contributed by atoms with Gasteiger partial charge in [0.25, 0.3) is 0 Å². The van der Waals surface area contributed by atoms with Crippen molar-refractivity contribution in [1.29, 1.82) is 0 Å². The van der Waals surface area contributed by atoms with E-state index in [1.807, 2.05) is 13.1 Å². The van der Waals surface area contributed by atoms with E-state index < -0.39 is 0 Å². The van der Waals surface area contributed by atoms with Gasteiger partial charge in [0.15, 0.2) is 0 Å². The summed E-state index contributed by atoms with van der Waals surface area (Å²) in [5.41, 5.74) is 6.29. The summed E-state index contributed by atoms with van der Waals surface area (Å²) in [6.07, 6.45) is 6.15. The SMILES string of the molecule is C/C(C=NCC1CC1)=C/N. The molecule has 0 atom stereocenters. The number of hydrogen-bond donors (Lipinski definition) is 1. The second-order valence-corrected chi connectivity index (χ2v) is 2.85. The monoisotopic (exact) mass is 138 g/mol. The van der Waals surface area contributed by atoms with Crippen LogP contribution in [0.3, 0.4) is 0 Å². The first-order chi connectivity index (χ1) is 4.83. The molecule has 0 radical (unpaired) electrons. The molecule has 0 aromatic carbocycles. The summed E-state index contributed by atoms with van der Waals surface area (Å²) in [5, 5.41) is 0. The highest BCUT2D eigenvalue weighted by Crippen LogP contribution is 2.28. The Balaban J connectivity index is 2.14. The van der Waals surface area contributed by atoms with Crippen LogP contribution in [0.2, 0.25) is 0 Å². The predicted molar refractivity (Wildman–Crippen MR) is 44.0 cm³/mol. The van der Waals surface area contributed by atoms with E-state index in [1.54, 1.807) is 6.20 Å². The Bertz CT molecular complexity index is 155. The summed E-state index contributed by atoms with van der Waals surface area (Å²) in [7, 11) is 0. The highest BCUT2D eigenvalue weighted by Gasteiger charge is 2.19. The summed E-state index contributed by atoms with van der Waals surface area (Å²) >= 11 is 0. The van der Waals surface area contributed by atoms with Gasteiger partial charge in [-0.15, -0.1) is 0 Å². The summed E-state index contributed by atoms with van der Waals surface area (Å²) < 4.78 is 0. The van der Waals surface area contributed by atoms with Gasteiger partial charge in [0.05, 0.1) is 0 Å². The predicted octanol–water partition coefficient (Wildman–Crippen LogP) is 1.33. The molecule has 0 amide bonds. The molecule has 1 aliphatic rings. The maximum absolute atomic E-state index is 5.25. The van der Waals surface area contributed by atoms with Gasteiger partial charge in [0.1, 0.15) is 0 Å². The molecule has 56 valence electrons. The van der Waals surface area contributed by atoms with Crippen LogP contribution < -0.4 is 5.73 Å². The zero-order chi connectivity index (χ0) is 7.40. The van der Waals surface area contributed by atoms with Crippen LogP contribution in [-0.2, 0) is 0 Å². The smallest absolute Gasteiger partial charge is 0.0417 e. The topological polar surface area (TPSA) is 38.4 Å². The van der Waals surface area contributed by atoms with Gasteiger partial charge < -0.3 is 5.73 Å². The fourth-order valence-corrected chi connectivity index (χ4v) is 0.689. The van der Waals surface area contributed by atoms with E-state index in [0.717, 1.165) is 18.0 Å². The summed E-state index contributed by atoms with van der Waals surface area (Å²) in [6, 6.07) is 0. The number of allylic oxidation sites excluding steroid dienone is 1. The molecule has 0 saturated heterocycles. The van der Waals surface area contributed by atoms with Crippen molar-refractivity contribution in [2.75, 3.05) is 6.54 Å². The van der Waals surface area contributed by atoms with Gasteiger partial charge in [-0.25, -0.2) is 0 Å². The quantitative estimate of drug-likeness (QED) is 0.587. The Labute approximate surface area is 61.8 Å². The zero-order valence-electron chi connectivity index (χ0n) is 6.38. The van der Waals surface area contributed by atoms with E-state index in [2.05, 4.69) is 4.99 Å². The largest absolute Gasteiger partial charge is 0.404 e. The molecular weight excluding hydrogens is 124 g/mol. The average Bonchev–Trinajstić information content (AvgIpc) is 2.71. The van der Waals surface area contributed by atoms with Crippen LogP contribution in [0.4, 0.5) is 0 Å². The number of nitrogens with zero attached hydrogens (tertiary/aromatic N) is 1. The van der Waals surface area contributed by atoms with Crippen molar-refractivity contribution in [3.8, 4) is 0 Å². The average molecular weight is 138 g/mol. The van der Waals surface area contributed by atoms with Crippen LogP contribution in [0.15, 0.2) is 16.8 Å². The lowest BCUT2D eigenvalue weighted by atomic mass is 10.3. The molecule has 10 heavy (non-hydrogen) atoms. The fraction of sp³-hybridized carbons (Fsp3) is 0.625. The third kappa shape index (κ3) is 2.67. The van der Waals surface area contributed by atoms with E-state index in [-0.39, 0.29) is 0 Å². The number of aliphatic imine (C=N–C) groups is 1. The van der Waals surface area contributed by atoms with Gasteiger partial charge in [-0.3, -0.25) is 4.99 Å². The van der Waals surface area contributed by atoms with Gasteiger partial charge in [0, 0.05) is 12.8 Å². The number of rotatable bonds is 3. The molecule has 1 saturated carbocycles. The summed E-state index contributed by atoms with van der Waals surface area (Å²) in [6.45, 7) is 2.95. The Hall–Kier alpha value is -0.790. The molecule has 0 heterocycles. The van der Waals surface area contributed by atoms with Crippen LogP contribution in [0.1, 0.15) is 19.8 Å². The second kappa shape index (κ2) is 3.40. The Kier molecular flexibility index (Phi) is 2.49. The minimum Gasteiger partial charge on any atom is -0.404 e. The third-order valence-corrected chi connectivity index (χ3v) is 1.62. The highest BCUT2D eigenvalue weighted by molar-refractivity contribution is 5.77. The van der Waals surface area contributed by atoms with Crippen molar-refractivity contribution >= 4 is 6.21 Å². The summed E-state index contributed by atoms with van der Waals surface area (Å²) in [5.74, 6) is 0.877. The lowest BCUT2D eigenvalue weighted by Crippen LogP contribution is -1.88. The van der Waals surface area contributed by atoms with Crippen LogP contribution in [-0.4, -0.2) is 12.8 Å². The molecule has 0 aromatic heterocycles. The first-order valence-electron chi connectivity index (χ1n) is 3.71. The van der Waals surface area contributed by atoms with E-state index in [0.29, 0.717) is 0 Å². The van der Waals surface area contributed by atoms with Crippen molar-refractivity contribution in [3.63, 3.8) is 0 Å². The Morgan fingerprint density at radius 1 is 1.70 bits per heavy atom. The molecule has 1 fully saturated rings. The van der Waals surface area contributed by atoms with Gasteiger partial charge in [-0.2, -0.15) is 0 Å². The number of hydrogen-bond acceptors (Lipinski definition) is 2. The van der Waals surface area contributed by atoms with Crippen LogP contribution in [0.5, 0.6) is 0 Å². The molecule has 0 unspecified atom stereocenters. The summed E-state index contributed by atoms with van der Waals surface area (Å²) in [4.78, 5) is 4.23. The molecule has 2 heteroatoms. The molecule has 2 N–H and O–H groups in total. The van der Waals surface area contributed by atoms with Crippen LogP contribution in [0.25, 0.3) is 0 Å². The van der Waals surface area contributed by atoms with Crippen molar-refractivity contribution in [2.45, 2.75) is 19.8 Å². The van der Waals surface area contributed by atoms with Gasteiger partial charge in [-0.1, -0.05) is 0 Å². The first-order valence-corrected chi connectivity index (χ1v) is 3.71. The normalized spacial score (nSPS) is 20.3. The van der Waals surface area contributed by atoms with E-state index >= 15 is 0 Å². The van der Waals surface area contributed by atoms with E-state index in [9.17, 15) is 0 Å². The standard InChI is InChI=1S/C8H14N2/c1-7(4-9)5-10-6-8-2-3-8/h4-5,8H,2-3,6,9H2,1H3/b7-4-,10-5?. The molecular formula is C8H14N2. The van der Waals surface area contributed by atoms with E-state index in [4.69, 9.17) is 5.73 Å². The van der Waals surface area contributed by atoms with Crippen molar-refractivity contribution in [1.82, 2.24) is 0 Å². The molecule has 0 bridgehead atoms. The molecule has 2 nitrogen and oxygen atoms in total. The molecule has 0 aliphatic heterocycles. The minimum atomic E-state index is 0.877. The first kappa shape index (κ1) is 7.32. The Morgan fingerprint density at radius 3 is 2.90 bits per heavy atom. The minimum absolute atomic E-state index is 0.877. The lowest BCUT2D eigenvalue weighted by molar-refractivity contribution is 0.851. The van der Waals surface area contributed by atoms with Gasteiger partial charge >= 0.3 is 0 Å². The molecule has 0 spiro atoms. The number of nitrogens with two attached hydrogens (primary N) is 1. The third-order valence-electron chi connectivity index (χ3n) is 1.62. The molecule has 0 aromatic rings. The van der Waals surface area contributed by atoms with Gasteiger partial charge in [0.2, 0.25) is 0 Å². The fourth-order valence-electron chi connectivity index (χ4n) is 0.689. The van der Waals surface area contributed by atoms with Crippen LogP contribution in [0, 0.1) is 5.92 Å². The van der Waals surface area contributed by atoms with Gasteiger partial charge in [-0.05, 0) is 37.5 Å². The maximum atomic E-state index is 5.25. The highest BCUT2D eigenvalue weighted by atomic mass is 14.7. The second-order valence-electron chi connectivity index (χ2n) is 2.85. The van der Waals surface area contributed by atoms with Crippen molar-refractivity contribution in [3.05, 3.63) is 11.8 Å². The van der Waals surface area contributed by atoms with E-state index in [1.165, 1.54) is 12.8 Å². The van der Waals surface area contributed by atoms with Crippen molar-refractivity contribution < 1.29 is 0 Å². The lowest BCUT2D eigenvalue weighted by Gasteiger charge is -1.88.